The fourth-order valence-corrected chi connectivity index (χ4v) is 0.941. The summed E-state index contributed by atoms with van der Waals surface area (Å²) in [6.07, 6.45) is 0.589. The van der Waals surface area contributed by atoms with Crippen LogP contribution in [0.25, 0.3) is 0 Å². The molecule has 14 heavy (non-hydrogen) atoms. The van der Waals surface area contributed by atoms with Crippen LogP contribution in [-0.4, -0.2) is 5.97 Å². The summed E-state index contributed by atoms with van der Waals surface area (Å²) in [5.74, 6) is -0.477. The molecule has 0 aliphatic heterocycles. The lowest BCUT2D eigenvalue weighted by Gasteiger charge is -2.05. The van der Waals surface area contributed by atoms with Crippen LogP contribution in [0, 0.1) is 13.0 Å². The number of aryl methyl sites for hydroxylation is 1. The number of benzene rings is 1. The van der Waals surface area contributed by atoms with Gasteiger partial charge in [0.15, 0.2) is 0 Å². The smallest absolute Gasteiger partial charge is 0.292 e. The Morgan fingerprint density at radius 1 is 1.21 bits per heavy atom. The molecular weight excluding hydrogens is 180 g/mol. The van der Waals surface area contributed by atoms with E-state index in [9.17, 15) is 4.79 Å². The molecule has 0 spiro atoms. The standard InChI is InChI=1S/C11H13O3/c1-8(2)13-14-11(12)10-6-4-5-9(3)7-10/h4-7H,1-3H3. The van der Waals surface area contributed by atoms with Gasteiger partial charge in [0.2, 0.25) is 0 Å². The second-order valence-corrected chi connectivity index (χ2v) is 3.23. The Morgan fingerprint density at radius 2 is 1.93 bits per heavy atom. The average molecular weight is 193 g/mol. The highest BCUT2D eigenvalue weighted by Crippen LogP contribution is 2.07. The first-order valence-electron chi connectivity index (χ1n) is 4.35. The van der Waals surface area contributed by atoms with Crippen molar-refractivity contribution in [3.05, 3.63) is 41.5 Å². The van der Waals surface area contributed by atoms with Crippen LogP contribution in [0.1, 0.15) is 29.8 Å². The second-order valence-electron chi connectivity index (χ2n) is 3.23. The topological polar surface area (TPSA) is 35.5 Å². The van der Waals surface area contributed by atoms with Crippen LogP contribution in [0.5, 0.6) is 0 Å². The maximum atomic E-state index is 11.3. The predicted octanol–water partition coefficient (Wildman–Crippen LogP) is 2.66. The van der Waals surface area contributed by atoms with Gasteiger partial charge in [-0.2, -0.15) is 4.89 Å². The van der Waals surface area contributed by atoms with Gasteiger partial charge < -0.3 is 0 Å². The molecule has 0 amide bonds. The maximum absolute atomic E-state index is 11.3. The summed E-state index contributed by atoms with van der Waals surface area (Å²) in [5, 5.41) is 0. The Labute approximate surface area is 83.6 Å². The van der Waals surface area contributed by atoms with Crippen molar-refractivity contribution < 1.29 is 14.6 Å². The van der Waals surface area contributed by atoms with Gasteiger partial charge in [0.25, 0.3) is 0 Å². The molecule has 0 bridgehead atoms. The number of hydrogen-bond donors (Lipinski definition) is 0. The molecule has 0 N–H and O–H groups in total. The van der Waals surface area contributed by atoms with E-state index in [0.717, 1.165) is 5.56 Å². The molecule has 0 saturated heterocycles. The van der Waals surface area contributed by atoms with E-state index in [1.54, 1.807) is 32.0 Å². The third-order valence-corrected chi connectivity index (χ3v) is 1.54. The first kappa shape index (κ1) is 10.7. The first-order chi connectivity index (χ1) is 6.59. The number of carbonyl (C=O) groups is 1. The van der Waals surface area contributed by atoms with Crippen LogP contribution in [0.2, 0.25) is 0 Å². The van der Waals surface area contributed by atoms with E-state index in [1.807, 2.05) is 13.0 Å². The average Bonchev–Trinajstić information content (AvgIpc) is 2.14. The highest BCUT2D eigenvalue weighted by atomic mass is 17.2. The summed E-state index contributed by atoms with van der Waals surface area (Å²) in [5.41, 5.74) is 1.50. The molecule has 0 atom stereocenters. The molecular formula is C11H13O3. The molecule has 1 rings (SSSR count). The van der Waals surface area contributed by atoms with Crippen molar-refractivity contribution in [3.63, 3.8) is 0 Å². The molecule has 0 saturated carbocycles. The Morgan fingerprint density at radius 3 is 2.50 bits per heavy atom. The summed E-state index contributed by atoms with van der Waals surface area (Å²) in [4.78, 5) is 20.6. The Kier molecular flexibility index (Phi) is 3.65. The van der Waals surface area contributed by atoms with Gasteiger partial charge in [0.1, 0.15) is 6.10 Å². The van der Waals surface area contributed by atoms with Crippen molar-refractivity contribution in [2.75, 3.05) is 0 Å². The molecule has 75 valence electrons. The van der Waals surface area contributed by atoms with Gasteiger partial charge in [-0.1, -0.05) is 17.7 Å². The summed E-state index contributed by atoms with van der Waals surface area (Å²) in [6, 6.07) is 7.14. The SMILES string of the molecule is C[C](C)OOC(=O)c1cccc(C)c1. The molecule has 3 nitrogen and oxygen atoms in total. The molecule has 3 heteroatoms. The van der Waals surface area contributed by atoms with Crippen LogP contribution in [0.15, 0.2) is 24.3 Å². The van der Waals surface area contributed by atoms with Crippen molar-refractivity contribution >= 4 is 5.97 Å². The zero-order valence-electron chi connectivity index (χ0n) is 8.53. The van der Waals surface area contributed by atoms with Crippen molar-refractivity contribution in [3.8, 4) is 0 Å². The van der Waals surface area contributed by atoms with E-state index in [4.69, 9.17) is 0 Å². The van der Waals surface area contributed by atoms with Gasteiger partial charge in [-0.15, -0.1) is 0 Å². The largest absolute Gasteiger partial charge is 0.373 e. The van der Waals surface area contributed by atoms with Gasteiger partial charge in [0.05, 0.1) is 5.56 Å². The third kappa shape index (κ3) is 3.18. The molecule has 0 aliphatic carbocycles. The van der Waals surface area contributed by atoms with Crippen molar-refractivity contribution in [2.24, 2.45) is 0 Å². The van der Waals surface area contributed by atoms with Crippen LogP contribution in [0.4, 0.5) is 0 Å². The Bertz CT molecular complexity index is 318. The number of hydrogen-bond acceptors (Lipinski definition) is 3. The molecule has 0 aromatic heterocycles. The number of rotatable bonds is 3. The lowest BCUT2D eigenvalue weighted by atomic mass is 10.1. The zero-order chi connectivity index (χ0) is 10.6. The van der Waals surface area contributed by atoms with Crippen LogP contribution >= 0.6 is 0 Å². The molecule has 0 unspecified atom stereocenters. The van der Waals surface area contributed by atoms with Gasteiger partial charge in [-0.25, -0.2) is 4.79 Å². The normalized spacial score (nSPS) is 10.3. The molecule has 1 aromatic rings. The maximum Gasteiger partial charge on any atom is 0.373 e. The minimum Gasteiger partial charge on any atom is -0.292 e. The van der Waals surface area contributed by atoms with E-state index in [-0.39, 0.29) is 0 Å². The van der Waals surface area contributed by atoms with E-state index >= 15 is 0 Å². The van der Waals surface area contributed by atoms with Gasteiger partial charge >= 0.3 is 5.97 Å². The van der Waals surface area contributed by atoms with E-state index in [2.05, 4.69) is 9.78 Å². The lowest BCUT2D eigenvalue weighted by molar-refractivity contribution is -0.229. The monoisotopic (exact) mass is 193 g/mol. The summed E-state index contributed by atoms with van der Waals surface area (Å²) >= 11 is 0. The summed E-state index contributed by atoms with van der Waals surface area (Å²) < 4.78 is 0. The van der Waals surface area contributed by atoms with Crippen molar-refractivity contribution in [1.29, 1.82) is 0 Å². The molecule has 0 heterocycles. The summed E-state index contributed by atoms with van der Waals surface area (Å²) in [7, 11) is 0. The van der Waals surface area contributed by atoms with Crippen molar-refractivity contribution in [1.82, 2.24) is 0 Å². The van der Waals surface area contributed by atoms with Gasteiger partial charge in [0, 0.05) is 0 Å². The Hall–Kier alpha value is -1.35. The molecule has 0 aliphatic rings. The van der Waals surface area contributed by atoms with E-state index in [1.165, 1.54) is 0 Å². The van der Waals surface area contributed by atoms with Crippen molar-refractivity contribution in [2.45, 2.75) is 20.8 Å². The zero-order valence-corrected chi connectivity index (χ0v) is 8.53. The first-order valence-corrected chi connectivity index (χ1v) is 4.35. The fraction of sp³-hybridized carbons (Fsp3) is 0.273. The molecule has 1 radical (unpaired) electrons. The van der Waals surface area contributed by atoms with Gasteiger partial charge in [-0.05, 0) is 32.9 Å². The highest BCUT2D eigenvalue weighted by molar-refractivity contribution is 5.89. The molecule has 1 aromatic carbocycles. The van der Waals surface area contributed by atoms with Crippen LogP contribution in [0.3, 0.4) is 0 Å². The summed E-state index contributed by atoms with van der Waals surface area (Å²) in [6.45, 7) is 5.34. The van der Waals surface area contributed by atoms with E-state index in [0.29, 0.717) is 11.7 Å². The Balaban J connectivity index is 2.61. The minimum atomic E-state index is -0.477. The number of carbonyl (C=O) groups excluding carboxylic acids is 1. The van der Waals surface area contributed by atoms with Crippen LogP contribution < -0.4 is 0 Å². The third-order valence-electron chi connectivity index (χ3n) is 1.54. The van der Waals surface area contributed by atoms with Crippen LogP contribution in [-0.2, 0) is 9.78 Å². The fourth-order valence-electron chi connectivity index (χ4n) is 0.941. The minimum absolute atomic E-state index is 0.477. The lowest BCUT2D eigenvalue weighted by Crippen LogP contribution is -2.07. The van der Waals surface area contributed by atoms with Gasteiger partial charge in [-0.3, -0.25) is 4.89 Å². The quantitative estimate of drug-likeness (QED) is 0.546. The highest BCUT2D eigenvalue weighted by Gasteiger charge is 2.09. The predicted molar refractivity (Wildman–Crippen MR) is 52.3 cm³/mol. The van der Waals surface area contributed by atoms with E-state index < -0.39 is 5.97 Å². The molecule has 0 fully saturated rings. The second kappa shape index (κ2) is 4.77.